The molecule has 5 heteroatoms. The quantitative estimate of drug-likeness (QED) is 0.856. The maximum atomic E-state index is 11.9. The molecule has 2 unspecified atom stereocenters. The highest BCUT2D eigenvalue weighted by molar-refractivity contribution is 5.93. The zero-order valence-corrected chi connectivity index (χ0v) is 10.8. The van der Waals surface area contributed by atoms with Crippen molar-refractivity contribution in [1.82, 2.24) is 5.32 Å². The van der Waals surface area contributed by atoms with Crippen LogP contribution in [-0.2, 0) is 0 Å². The summed E-state index contributed by atoms with van der Waals surface area (Å²) >= 11 is 0. The molecule has 1 aliphatic rings. The number of hydrogen-bond donors (Lipinski definition) is 2. The predicted octanol–water partition coefficient (Wildman–Crippen LogP) is 1.17. The lowest BCUT2D eigenvalue weighted by Crippen LogP contribution is -2.35. The molecule has 1 aromatic rings. The molecule has 1 saturated carbocycles. The summed E-state index contributed by atoms with van der Waals surface area (Å²) < 4.78 is 4.66. The Bertz CT molecular complexity index is 462. The molecule has 1 fully saturated rings. The molecule has 0 saturated heterocycles. The van der Waals surface area contributed by atoms with Crippen molar-refractivity contribution in [1.29, 1.82) is 0 Å². The zero-order chi connectivity index (χ0) is 13.7. The lowest BCUT2D eigenvalue weighted by molar-refractivity contribution is 0.0907. The van der Waals surface area contributed by atoms with E-state index in [2.05, 4.69) is 9.73 Å². The summed E-state index contributed by atoms with van der Waals surface area (Å²) in [5, 5.41) is 12.2. The molecule has 1 amide bonds. The second-order valence-corrected chi connectivity index (χ2v) is 5.04. The van der Waals surface area contributed by atoms with Crippen LogP contribution in [0.2, 0.25) is 0 Å². The lowest BCUT2D eigenvalue weighted by Gasteiger charge is -2.30. The molecule has 0 radical (unpaired) electrons. The van der Waals surface area contributed by atoms with Gasteiger partial charge in [-0.15, -0.1) is 0 Å². The standard InChI is InChI=1S/C14H19NO4/c16-8-11-4-2-1-3-10(11)7-15-14(18)12-5-6-13(17)19-9-12/h5-6,9-11,16H,1-4,7-8H2,(H,15,18). The summed E-state index contributed by atoms with van der Waals surface area (Å²) in [6.45, 7) is 0.740. The van der Waals surface area contributed by atoms with Crippen LogP contribution in [0.1, 0.15) is 36.0 Å². The van der Waals surface area contributed by atoms with Gasteiger partial charge >= 0.3 is 5.63 Å². The number of carbonyl (C=O) groups excluding carboxylic acids is 1. The van der Waals surface area contributed by atoms with E-state index in [1.54, 1.807) is 0 Å². The number of rotatable bonds is 4. The smallest absolute Gasteiger partial charge is 0.335 e. The summed E-state index contributed by atoms with van der Waals surface area (Å²) in [5.74, 6) is 0.368. The van der Waals surface area contributed by atoms with Crippen LogP contribution in [0, 0.1) is 11.8 Å². The van der Waals surface area contributed by atoms with Gasteiger partial charge in [0.15, 0.2) is 0 Å². The Morgan fingerprint density at radius 2 is 2.05 bits per heavy atom. The third-order valence-electron chi connectivity index (χ3n) is 3.79. The minimum absolute atomic E-state index is 0.181. The molecule has 0 aromatic carbocycles. The van der Waals surface area contributed by atoms with Gasteiger partial charge < -0.3 is 14.8 Å². The molecule has 1 aliphatic carbocycles. The number of carbonyl (C=O) groups is 1. The highest BCUT2D eigenvalue weighted by Gasteiger charge is 2.24. The van der Waals surface area contributed by atoms with Gasteiger partial charge in [-0.25, -0.2) is 4.79 Å². The van der Waals surface area contributed by atoms with Gasteiger partial charge in [0.1, 0.15) is 6.26 Å². The molecule has 2 rings (SSSR count). The molecule has 2 atom stereocenters. The van der Waals surface area contributed by atoms with E-state index in [1.807, 2.05) is 0 Å². The van der Waals surface area contributed by atoms with Gasteiger partial charge in [0.05, 0.1) is 5.56 Å². The second-order valence-electron chi connectivity index (χ2n) is 5.04. The number of amides is 1. The van der Waals surface area contributed by atoms with Gasteiger partial charge in [0.2, 0.25) is 0 Å². The minimum atomic E-state index is -0.468. The van der Waals surface area contributed by atoms with Gasteiger partial charge in [0, 0.05) is 19.2 Å². The van der Waals surface area contributed by atoms with Crippen molar-refractivity contribution in [3.63, 3.8) is 0 Å². The Morgan fingerprint density at radius 1 is 1.32 bits per heavy atom. The predicted molar refractivity (Wildman–Crippen MR) is 69.8 cm³/mol. The molecule has 1 heterocycles. The number of hydrogen-bond acceptors (Lipinski definition) is 4. The van der Waals surface area contributed by atoms with Crippen molar-refractivity contribution < 1.29 is 14.3 Å². The largest absolute Gasteiger partial charge is 0.430 e. The van der Waals surface area contributed by atoms with Crippen LogP contribution in [-0.4, -0.2) is 24.2 Å². The Kier molecular flexibility index (Phi) is 4.74. The summed E-state index contributed by atoms with van der Waals surface area (Å²) in [6, 6.07) is 2.68. The molecule has 0 spiro atoms. The third kappa shape index (κ3) is 3.67. The van der Waals surface area contributed by atoms with Crippen LogP contribution < -0.4 is 10.9 Å². The van der Waals surface area contributed by atoms with Crippen molar-refractivity contribution >= 4 is 5.91 Å². The van der Waals surface area contributed by atoms with E-state index in [4.69, 9.17) is 0 Å². The van der Waals surface area contributed by atoms with E-state index in [0.29, 0.717) is 18.0 Å². The average Bonchev–Trinajstić information content (AvgIpc) is 2.45. The topological polar surface area (TPSA) is 79.5 Å². The first-order chi connectivity index (χ1) is 9.20. The highest BCUT2D eigenvalue weighted by Crippen LogP contribution is 2.29. The minimum Gasteiger partial charge on any atom is -0.430 e. The van der Waals surface area contributed by atoms with Crippen LogP contribution >= 0.6 is 0 Å². The van der Waals surface area contributed by atoms with Gasteiger partial charge in [-0.2, -0.15) is 0 Å². The van der Waals surface area contributed by atoms with E-state index in [9.17, 15) is 14.7 Å². The Balaban J connectivity index is 1.89. The fourth-order valence-electron chi connectivity index (χ4n) is 2.61. The molecule has 2 N–H and O–H groups in total. The second kappa shape index (κ2) is 6.52. The first-order valence-electron chi connectivity index (χ1n) is 6.68. The van der Waals surface area contributed by atoms with Gasteiger partial charge in [-0.05, 0) is 30.7 Å². The zero-order valence-electron chi connectivity index (χ0n) is 10.8. The molecule has 5 nitrogen and oxygen atoms in total. The molecule has 104 valence electrons. The van der Waals surface area contributed by atoms with E-state index in [-0.39, 0.29) is 18.4 Å². The van der Waals surface area contributed by atoms with Crippen molar-refractivity contribution in [2.45, 2.75) is 25.7 Å². The summed E-state index contributed by atoms with van der Waals surface area (Å²) in [5.41, 5.74) is -0.125. The van der Waals surface area contributed by atoms with Crippen LogP contribution in [0.15, 0.2) is 27.6 Å². The third-order valence-corrected chi connectivity index (χ3v) is 3.79. The molecule has 1 aromatic heterocycles. The van der Waals surface area contributed by atoms with Crippen LogP contribution in [0.25, 0.3) is 0 Å². The van der Waals surface area contributed by atoms with Gasteiger partial charge in [-0.1, -0.05) is 12.8 Å². The molecular formula is C14H19NO4. The monoisotopic (exact) mass is 265 g/mol. The van der Waals surface area contributed by atoms with E-state index in [0.717, 1.165) is 25.7 Å². The van der Waals surface area contributed by atoms with Gasteiger partial charge in [0.25, 0.3) is 5.91 Å². The summed E-state index contributed by atoms with van der Waals surface area (Å²) in [7, 11) is 0. The van der Waals surface area contributed by atoms with Crippen molar-refractivity contribution in [3.05, 3.63) is 34.4 Å². The summed E-state index contributed by atoms with van der Waals surface area (Å²) in [6.07, 6.45) is 5.53. The number of aliphatic hydroxyl groups excluding tert-OH is 1. The fourth-order valence-corrected chi connectivity index (χ4v) is 2.61. The Morgan fingerprint density at radius 3 is 2.68 bits per heavy atom. The van der Waals surface area contributed by atoms with Crippen LogP contribution in [0.3, 0.4) is 0 Å². The van der Waals surface area contributed by atoms with Crippen molar-refractivity contribution in [3.8, 4) is 0 Å². The van der Waals surface area contributed by atoms with Crippen molar-refractivity contribution in [2.75, 3.05) is 13.2 Å². The highest BCUT2D eigenvalue weighted by atomic mass is 16.4. The Labute approximate surface area is 111 Å². The van der Waals surface area contributed by atoms with Crippen LogP contribution in [0.4, 0.5) is 0 Å². The maximum absolute atomic E-state index is 11.9. The number of aliphatic hydroxyl groups is 1. The molecule has 0 bridgehead atoms. The average molecular weight is 265 g/mol. The first kappa shape index (κ1) is 13.8. The lowest BCUT2D eigenvalue weighted by atomic mass is 9.79. The van der Waals surface area contributed by atoms with E-state index >= 15 is 0 Å². The molecular weight excluding hydrogens is 246 g/mol. The maximum Gasteiger partial charge on any atom is 0.335 e. The van der Waals surface area contributed by atoms with Crippen molar-refractivity contribution in [2.24, 2.45) is 11.8 Å². The van der Waals surface area contributed by atoms with E-state index in [1.165, 1.54) is 18.4 Å². The fraction of sp³-hybridized carbons (Fsp3) is 0.571. The Hall–Kier alpha value is -1.62. The normalized spacial score (nSPS) is 23.0. The number of nitrogens with one attached hydrogen (secondary N) is 1. The molecule has 19 heavy (non-hydrogen) atoms. The SMILES string of the molecule is O=C(NCC1CCCCC1CO)c1ccc(=O)oc1. The van der Waals surface area contributed by atoms with Gasteiger partial charge in [-0.3, -0.25) is 4.79 Å². The van der Waals surface area contributed by atoms with Crippen LogP contribution in [0.5, 0.6) is 0 Å². The molecule has 0 aliphatic heterocycles. The summed E-state index contributed by atoms with van der Waals surface area (Å²) in [4.78, 5) is 22.7. The first-order valence-corrected chi connectivity index (χ1v) is 6.68. The van der Waals surface area contributed by atoms with E-state index < -0.39 is 5.63 Å².